The number of hydrogen-bond donors (Lipinski definition) is 3. The van der Waals surface area contributed by atoms with E-state index in [-0.39, 0.29) is 23.1 Å². The van der Waals surface area contributed by atoms with Crippen molar-refractivity contribution in [2.45, 2.75) is 13.3 Å². The van der Waals surface area contributed by atoms with E-state index in [0.29, 0.717) is 32.1 Å². The van der Waals surface area contributed by atoms with Crippen molar-refractivity contribution in [3.63, 3.8) is 0 Å². The molecule has 0 spiro atoms. The first-order valence-corrected chi connectivity index (χ1v) is 9.44. The van der Waals surface area contributed by atoms with Gasteiger partial charge in [-0.3, -0.25) is 9.59 Å². The number of allylic oxidation sites excluding steroid dienone is 1. The molecule has 3 N–H and O–H groups in total. The van der Waals surface area contributed by atoms with E-state index in [2.05, 4.69) is 29.7 Å². The van der Waals surface area contributed by atoms with Crippen LogP contribution in [0.25, 0.3) is 0 Å². The predicted molar refractivity (Wildman–Crippen MR) is 101 cm³/mol. The monoisotopic (exact) mass is 366 g/mol. The lowest BCUT2D eigenvalue weighted by Crippen LogP contribution is -2.31. The number of hydrogen-bond acceptors (Lipinski definition) is 5. The van der Waals surface area contributed by atoms with Crippen molar-refractivity contribution in [3.05, 3.63) is 42.0 Å². The summed E-state index contributed by atoms with van der Waals surface area (Å²) in [6, 6.07) is 6.36. The van der Waals surface area contributed by atoms with Crippen LogP contribution in [0.4, 0.5) is 0 Å². The molecule has 0 aliphatic heterocycles. The number of phenols is 1. The Morgan fingerprint density at radius 3 is 2.60 bits per heavy atom. The molecular weight excluding hydrogens is 340 g/mol. The van der Waals surface area contributed by atoms with Crippen molar-refractivity contribution in [1.82, 2.24) is 10.6 Å². The Morgan fingerprint density at radius 2 is 1.88 bits per heavy atom. The summed E-state index contributed by atoms with van der Waals surface area (Å²) >= 11 is 1.57. The molecular formula is C18H26N2O4S. The maximum atomic E-state index is 11.8. The largest absolute Gasteiger partial charge is 0.507 e. The number of nitrogens with one attached hydrogen (secondary N) is 2. The first-order chi connectivity index (χ1) is 12.1. The van der Waals surface area contributed by atoms with Crippen LogP contribution >= 0.6 is 11.8 Å². The van der Waals surface area contributed by atoms with Gasteiger partial charge in [0.25, 0.3) is 5.91 Å². The SMILES string of the molecule is CC/C=C\CSCC(=O)NCCOCCNC(=O)c1ccccc1O. The summed E-state index contributed by atoms with van der Waals surface area (Å²) in [6.07, 6.45) is 5.15. The summed E-state index contributed by atoms with van der Waals surface area (Å²) in [7, 11) is 0. The normalized spacial score (nSPS) is 10.8. The van der Waals surface area contributed by atoms with Crippen LogP contribution in [0.2, 0.25) is 0 Å². The molecule has 1 aromatic rings. The first kappa shape index (κ1) is 21.1. The second-order valence-electron chi connectivity index (χ2n) is 5.13. The fourth-order valence-electron chi connectivity index (χ4n) is 1.87. The van der Waals surface area contributed by atoms with Crippen molar-refractivity contribution < 1.29 is 19.4 Å². The van der Waals surface area contributed by atoms with Crippen LogP contribution in [0.15, 0.2) is 36.4 Å². The van der Waals surface area contributed by atoms with Crippen LogP contribution in [0, 0.1) is 0 Å². The number of phenolic OH excluding ortho intramolecular Hbond substituents is 1. The van der Waals surface area contributed by atoms with Crippen LogP contribution in [-0.4, -0.2) is 54.7 Å². The molecule has 25 heavy (non-hydrogen) atoms. The van der Waals surface area contributed by atoms with Gasteiger partial charge in [-0.1, -0.05) is 31.2 Å². The zero-order chi connectivity index (χ0) is 18.3. The van der Waals surface area contributed by atoms with Crippen molar-refractivity contribution >= 4 is 23.6 Å². The zero-order valence-electron chi connectivity index (χ0n) is 14.5. The molecule has 0 unspecified atom stereocenters. The standard InChI is InChI=1S/C18H26N2O4S/c1-2-3-6-13-25-14-17(22)19-9-11-24-12-10-20-18(23)15-7-4-5-8-16(15)21/h3-8,21H,2,9-14H2,1H3,(H,19,22)(H,20,23)/b6-3-. The van der Waals surface area contributed by atoms with Gasteiger partial charge in [0.2, 0.25) is 5.91 Å². The molecule has 0 atom stereocenters. The van der Waals surface area contributed by atoms with Gasteiger partial charge in [-0.05, 0) is 18.6 Å². The van der Waals surface area contributed by atoms with E-state index in [1.807, 2.05) is 0 Å². The van der Waals surface area contributed by atoms with E-state index in [1.165, 1.54) is 6.07 Å². The first-order valence-electron chi connectivity index (χ1n) is 8.28. The molecule has 7 heteroatoms. The van der Waals surface area contributed by atoms with E-state index < -0.39 is 0 Å². The fourth-order valence-corrected chi connectivity index (χ4v) is 2.55. The maximum Gasteiger partial charge on any atom is 0.255 e. The minimum absolute atomic E-state index is 0.00801. The van der Waals surface area contributed by atoms with Gasteiger partial charge < -0.3 is 20.5 Å². The lowest BCUT2D eigenvalue weighted by Gasteiger charge is -2.08. The van der Waals surface area contributed by atoms with E-state index in [9.17, 15) is 14.7 Å². The third kappa shape index (κ3) is 9.79. The molecule has 6 nitrogen and oxygen atoms in total. The smallest absolute Gasteiger partial charge is 0.255 e. The molecule has 0 bridgehead atoms. The highest BCUT2D eigenvalue weighted by Crippen LogP contribution is 2.14. The van der Waals surface area contributed by atoms with Crippen molar-refractivity contribution in [2.75, 3.05) is 37.8 Å². The van der Waals surface area contributed by atoms with Crippen LogP contribution in [0.1, 0.15) is 23.7 Å². The van der Waals surface area contributed by atoms with Crippen LogP contribution < -0.4 is 10.6 Å². The van der Waals surface area contributed by atoms with Crippen LogP contribution in [0.3, 0.4) is 0 Å². The molecule has 2 amide bonds. The van der Waals surface area contributed by atoms with Gasteiger partial charge in [0.05, 0.1) is 24.5 Å². The molecule has 0 radical (unpaired) electrons. The van der Waals surface area contributed by atoms with Crippen molar-refractivity contribution in [2.24, 2.45) is 0 Å². The van der Waals surface area contributed by atoms with Gasteiger partial charge in [0, 0.05) is 18.8 Å². The number of benzene rings is 1. The molecule has 138 valence electrons. The number of carbonyl (C=O) groups excluding carboxylic acids is 2. The Bertz CT molecular complexity index is 564. The fraction of sp³-hybridized carbons (Fsp3) is 0.444. The molecule has 0 saturated carbocycles. The number of para-hydroxylation sites is 1. The van der Waals surface area contributed by atoms with Crippen LogP contribution in [-0.2, 0) is 9.53 Å². The molecule has 1 rings (SSSR count). The Hall–Kier alpha value is -1.99. The van der Waals surface area contributed by atoms with Gasteiger partial charge in [-0.25, -0.2) is 0 Å². The number of carbonyl (C=O) groups is 2. The molecule has 0 aliphatic carbocycles. The molecule has 0 fully saturated rings. The lowest BCUT2D eigenvalue weighted by molar-refractivity contribution is -0.118. The second-order valence-corrected chi connectivity index (χ2v) is 6.16. The summed E-state index contributed by atoms with van der Waals surface area (Å²) in [5.41, 5.74) is 0.237. The Kier molecular flexibility index (Phi) is 11.2. The third-order valence-electron chi connectivity index (χ3n) is 3.10. The van der Waals surface area contributed by atoms with Gasteiger partial charge in [-0.2, -0.15) is 0 Å². The van der Waals surface area contributed by atoms with Gasteiger partial charge in [-0.15, -0.1) is 11.8 Å². The zero-order valence-corrected chi connectivity index (χ0v) is 15.3. The average Bonchev–Trinajstić information content (AvgIpc) is 2.61. The Labute approximate surface area is 153 Å². The van der Waals surface area contributed by atoms with Crippen LogP contribution in [0.5, 0.6) is 5.75 Å². The quantitative estimate of drug-likeness (QED) is 0.389. The summed E-state index contributed by atoms with van der Waals surface area (Å²) < 4.78 is 5.35. The lowest BCUT2D eigenvalue weighted by atomic mass is 10.2. The second kappa shape index (κ2) is 13.3. The number of thioether (sulfide) groups is 1. The van der Waals surface area contributed by atoms with E-state index in [4.69, 9.17) is 4.74 Å². The predicted octanol–water partition coefficient (Wildman–Crippen LogP) is 1.95. The molecule has 0 aliphatic rings. The number of aromatic hydroxyl groups is 1. The number of rotatable bonds is 12. The third-order valence-corrected chi connectivity index (χ3v) is 3.99. The summed E-state index contributed by atoms with van der Waals surface area (Å²) in [6.45, 7) is 3.58. The number of ether oxygens (including phenoxy) is 1. The van der Waals surface area contributed by atoms with Gasteiger partial charge >= 0.3 is 0 Å². The Balaban J connectivity index is 2.00. The minimum Gasteiger partial charge on any atom is -0.507 e. The van der Waals surface area contributed by atoms with E-state index >= 15 is 0 Å². The van der Waals surface area contributed by atoms with Crippen molar-refractivity contribution in [3.8, 4) is 5.75 Å². The highest BCUT2D eigenvalue weighted by atomic mass is 32.2. The molecule has 0 heterocycles. The topological polar surface area (TPSA) is 87.7 Å². The van der Waals surface area contributed by atoms with E-state index in [0.717, 1.165) is 12.2 Å². The highest BCUT2D eigenvalue weighted by molar-refractivity contribution is 8.00. The van der Waals surface area contributed by atoms with E-state index in [1.54, 1.807) is 30.0 Å². The van der Waals surface area contributed by atoms with Gasteiger partial charge in [0.15, 0.2) is 0 Å². The molecule has 1 aromatic carbocycles. The van der Waals surface area contributed by atoms with Crippen molar-refractivity contribution in [1.29, 1.82) is 0 Å². The summed E-state index contributed by atoms with van der Waals surface area (Å²) in [4.78, 5) is 23.4. The maximum absolute atomic E-state index is 11.8. The minimum atomic E-state index is -0.343. The average molecular weight is 366 g/mol. The summed E-state index contributed by atoms with van der Waals surface area (Å²) in [5, 5.41) is 15.0. The number of amides is 2. The molecule has 0 aromatic heterocycles. The Morgan fingerprint density at radius 1 is 1.16 bits per heavy atom. The highest BCUT2D eigenvalue weighted by Gasteiger charge is 2.08. The van der Waals surface area contributed by atoms with Gasteiger partial charge in [0.1, 0.15) is 5.75 Å². The summed E-state index contributed by atoms with van der Waals surface area (Å²) in [5.74, 6) is 0.876. The molecule has 0 saturated heterocycles.